The highest BCUT2D eigenvalue weighted by Crippen LogP contribution is 2.70. The van der Waals surface area contributed by atoms with E-state index in [1.165, 1.54) is 6.08 Å². The summed E-state index contributed by atoms with van der Waals surface area (Å²) in [6, 6.07) is 0. The molecule has 4 aliphatic carbocycles. The van der Waals surface area contributed by atoms with E-state index in [-0.39, 0.29) is 38.2 Å². The number of hydrogen-bond acceptors (Lipinski definition) is 11. The Kier molecular flexibility index (Phi) is 6.83. The van der Waals surface area contributed by atoms with Crippen LogP contribution in [0, 0.1) is 28.6 Å². The SMILES string of the molecule is C[C@H]1O[C@@H](O[C@H]2CC[C@]3(C=O)[C@@H]4[C@H](O)C[C@]5(C)[C@@H](C6=CC(=O)OC6)CC[C@]5(O)[C@H]4CC[C@]3(O)C2)[C@H](O)[C@H](O)[C@H]1O. The van der Waals surface area contributed by atoms with Crippen molar-refractivity contribution in [2.45, 2.75) is 119 Å². The minimum absolute atomic E-state index is 0.0615. The van der Waals surface area contributed by atoms with Crippen molar-refractivity contribution in [3.05, 3.63) is 11.6 Å². The summed E-state index contributed by atoms with van der Waals surface area (Å²) in [4.78, 5) is 24.8. The Morgan fingerprint density at radius 2 is 1.75 bits per heavy atom. The number of carbonyl (C=O) groups is 2. The molecule has 0 radical (unpaired) electrons. The van der Waals surface area contributed by atoms with Gasteiger partial charge >= 0.3 is 5.97 Å². The predicted molar refractivity (Wildman–Crippen MR) is 136 cm³/mol. The third kappa shape index (κ3) is 3.78. The summed E-state index contributed by atoms with van der Waals surface area (Å²) in [5.74, 6) is -1.61. The average molecular weight is 567 g/mol. The molecule has 0 aromatic heterocycles. The van der Waals surface area contributed by atoms with Crippen molar-refractivity contribution in [1.29, 1.82) is 0 Å². The van der Waals surface area contributed by atoms with Crippen LogP contribution in [-0.2, 0) is 23.8 Å². The van der Waals surface area contributed by atoms with Gasteiger partial charge in [-0.25, -0.2) is 4.79 Å². The molecule has 11 heteroatoms. The molecule has 0 bridgehead atoms. The summed E-state index contributed by atoms with van der Waals surface area (Å²) < 4.78 is 16.8. The molecule has 0 aromatic carbocycles. The first-order valence-corrected chi connectivity index (χ1v) is 14.6. The number of aldehydes is 1. The zero-order valence-corrected chi connectivity index (χ0v) is 23.0. The van der Waals surface area contributed by atoms with Crippen LogP contribution in [0.3, 0.4) is 0 Å². The van der Waals surface area contributed by atoms with E-state index in [0.717, 1.165) is 11.9 Å². The topological polar surface area (TPSA) is 183 Å². The molecule has 224 valence electrons. The van der Waals surface area contributed by atoms with Gasteiger partial charge in [-0.15, -0.1) is 0 Å². The van der Waals surface area contributed by atoms with Crippen LogP contribution in [0.5, 0.6) is 0 Å². The van der Waals surface area contributed by atoms with Crippen LogP contribution in [0.25, 0.3) is 0 Å². The van der Waals surface area contributed by atoms with Gasteiger partial charge in [-0.3, -0.25) is 0 Å². The summed E-state index contributed by atoms with van der Waals surface area (Å²) >= 11 is 0. The molecular formula is C29H42O11. The molecule has 6 N–H and O–H groups in total. The number of carbonyl (C=O) groups excluding carboxylic acids is 2. The van der Waals surface area contributed by atoms with Gasteiger partial charge in [-0.05, 0) is 69.3 Å². The van der Waals surface area contributed by atoms with E-state index in [0.29, 0.717) is 25.7 Å². The maximum absolute atomic E-state index is 13.0. The lowest BCUT2D eigenvalue weighted by atomic mass is 9.41. The van der Waals surface area contributed by atoms with Gasteiger partial charge in [0.2, 0.25) is 0 Å². The first-order chi connectivity index (χ1) is 18.8. The summed E-state index contributed by atoms with van der Waals surface area (Å²) in [5, 5.41) is 66.7. The van der Waals surface area contributed by atoms with Crippen LogP contribution in [0.15, 0.2) is 11.6 Å². The van der Waals surface area contributed by atoms with E-state index in [2.05, 4.69) is 0 Å². The smallest absolute Gasteiger partial charge is 0.331 e. The van der Waals surface area contributed by atoms with Crippen molar-refractivity contribution in [2.24, 2.45) is 28.6 Å². The molecule has 0 unspecified atom stereocenters. The molecule has 14 atom stereocenters. The molecule has 0 aromatic rings. The second-order valence-corrected chi connectivity index (χ2v) is 13.6. The Bertz CT molecular complexity index is 1080. The largest absolute Gasteiger partial charge is 0.458 e. The number of aliphatic hydroxyl groups is 6. The molecule has 2 heterocycles. The van der Waals surface area contributed by atoms with E-state index in [1.807, 2.05) is 6.92 Å². The first-order valence-electron chi connectivity index (χ1n) is 14.6. The number of cyclic esters (lactones) is 1. The molecule has 4 saturated carbocycles. The molecule has 2 aliphatic heterocycles. The van der Waals surface area contributed by atoms with E-state index < -0.39 is 82.8 Å². The molecular weight excluding hydrogens is 524 g/mol. The lowest BCUT2D eigenvalue weighted by Crippen LogP contribution is -2.72. The van der Waals surface area contributed by atoms with E-state index in [9.17, 15) is 40.2 Å². The lowest BCUT2D eigenvalue weighted by molar-refractivity contribution is -0.320. The minimum atomic E-state index is -1.51. The maximum Gasteiger partial charge on any atom is 0.331 e. The van der Waals surface area contributed by atoms with Gasteiger partial charge in [-0.2, -0.15) is 0 Å². The molecule has 6 aliphatic rings. The average Bonchev–Trinajstić information content (AvgIpc) is 3.45. The molecule has 0 spiro atoms. The van der Waals surface area contributed by atoms with Crippen molar-refractivity contribution >= 4 is 12.3 Å². The Balaban J connectivity index is 1.25. The van der Waals surface area contributed by atoms with Gasteiger partial charge in [0, 0.05) is 23.8 Å². The number of esters is 1. The van der Waals surface area contributed by atoms with Gasteiger partial charge in [-0.1, -0.05) is 6.92 Å². The summed E-state index contributed by atoms with van der Waals surface area (Å²) in [5.41, 5.74) is -3.89. The van der Waals surface area contributed by atoms with Crippen molar-refractivity contribution in [3.8, 4) is 0 Å². The van der Waals surface area contributed by atoms with Crippen molar-refractivity contribution < 1.29 is 54.4 Å². The molecule has 11 nitrogen and oxygen atoms in total. The van der Waals surface area contributed by atoms with Crippen LogP contribution in [0.4, 0.5) is 0 Å². The number of aliphatic hydroxyl groups excluding tert-OH is 4. The molecule has 5 fully saturated rings. The Labute approximate surface area is 233 Å². The summed E-state index contributed by atoms with van der Waals surface area (Å²) in [7, 11) is 0. The second kappa shape index (κ2) is 9.54. The fourth-order valence-corrected chi connectivity index (χ4v) is 9.82. The van der Waals surface area contributed by atoms with Crippen molar-refractivity contribution in [3.63, 3.8) is 0 Å². The maximum atomic E-state index is 13.0. The Morgan fingerprint density at radius 3 is 2.42 bits per heavy atom. The van der Waals surface area contributed by atoms with Crippen LogP contribution in [-0.4, -0.2) is 104 Å². The minimum Gasteiger partial charge on any atom is -0.458 e. The first kappa shape index (κ1) is 28.7. The van der Waals surface area contributed by atoms with Gasteiger partial charge in [0.25, 0.3) is 0 Å². The van der Waals surface area contributed by atoms with E-state index >= 15 is 0 Å². The van der Waals surface area contributed by atoms with Gasteiger partial charge < -0.3 is 49.6 Å². The van der Waals surface area contributed by atoms with Gasteiger partial charge in [0.1, 0.15) is 31.2 Å². The van der Waals surface area contributed by atoms with Crippen LogP contribution in [0.2, 0.25) is 0 Å². The van der Waals surface area contributed by atoms with Crippen LogP contribution in [0.1, 0.15) is 65.2 Å². The number of hydrogen-bond donors (Lipinski definition) is 6. The van der Waals surface area contributed by atoms with E-state index in [1.54, 1.807) is 6.92 Å². The normalized spacial score (nSPS) is 56.0. The highest BCUT2D eigenvalue weighted by Gasteiger charge is 2.73. The zero-order chi connectivity index (χ0) is 28.8. The third-order valence-corrected chi connectivity index (χ3v) is 11.9. The van der Waals surface area contributed by atoms with Crippen molar-refractivity contribution in [2.75, 3.05) is 6.61 Å². The molecule has 0 amide bonds. The van der Waals surface area contributed by atoms with Crippen LogP contribution < -0.4 is 0 Å². The van der Waals surface area contributed by atoms with E-state index in [4.69, 9.17) is 14.2 Å². The molecule has 40 heavy (non-hydrogen) atoms. The highest BCUT2D eigenvalue weighted by atomic mass is 16.7. The van der Waals surface area contributed by atoms with Gasteiger partial charge in [0.15, 0.2) is 6.29 Å². The standard InChI is InChI=1S/C29H42O11/c1-14-22(33)23(34)24(35)25(39-14)40-16-3-6-27(13-30)21-18(4-7-28(27,36)10-16)29(37)8-5-17(15-9-20(32)38-12-15)26(29,2)11-19(21)31/h9,13-14,16-19,21-25,31,33-37H,3-8,10-12H2,1-2H3/t14-,16+,17-,18+,19-,21+,22+,23-,24-,25+,26-,27+,28+,29+/m1/s1. The second-order valence-electron chi connectivity index (χ2n) is 13.6. The summed E-state index contributed by atoms with van der Waals surface area (Å²) in [6.07, 6.45) is -2.87. The molecule has 1 saturated heterocycles. The van der Waals surface area contributed by atoms with Crippen molar-refractivity contribution in [1.82, 2.24) is 0 Å². The fourth-order valence-electron chi connectivity index (χ4n) is 9.82. The molecule has 6 rings (SSSR count). The quantitative estimate of drug-likeness (QED) is 0.149. The number of rotatable bonds is 4. The third-order valence-electron chi connectivity index (χ3n) is 11.9. The highest BCUT2D eigenvalue weighted by molar-refractivity contribution is 5.85. The number of fused-ring (bicyclic) bond motifs is 5. The Hall–Kier alpha value is -1.44. The monoisotopic (exact) mass is 566 g/mol. The van der Waals surface area contributed by atoms with Crippen LogP contribution >= 0.6 is 0 Å². The predicted octanol–water partition coefficient (Wildman–Crippen LogP) is -0.279. The lowest BCUT2D eigenvalue weighted by Gasteiger charge is -2.66. The number of ether oxygens (including phenoxy) is 3. The Morgan fingerprint density at radius 1 is 1.00 bits per heavy atom. The zero-order valence-electron chi connectivity index (χ0n) is 23.0. The fraction of sp³-hybridized carbons (Fsp3) is 0.862. The summed E-state index contributed by atoms with van der Waals surface area (Å²) in [6.45, 7) is 3.72. The van der Waals surface area contributed by atoms with Gasteiger partial charge in [0.05, 0.1) is 34.9 Å².